The lowest BCUT2D eigenvalue weighted by atomic mass is 9.96. The van der Waals surface area contributed by atoms with Crippen molar-refractivity contribution in [1.82, 2.24) is 4.90 Å². The van der Waals surface area contributed by atoms with Gasteiger partial charge in [0, 0.05) is 25.2 Å². The zero-order valence-electron chi connectivity index (χ0n) is 15.9. The summed E-state index contributed by atoms with van der Waals surface area (Å²) in [6, 6.07) is 15.2. The number of nitrogens with zero attached hydrogens (tertiary/aromatic N) is 1. The van der Waals surface area contributed by atoms with Crippen LogP contribution in [0.5, 0.6) is 11.5 Å². The van der Waals surface area contributed by atoms with E-state index in [1.165, 1.54) is 5.56 Å². The van der Waals surface area contributed by atoms with Gasteiger partial charge in [-0.25, -0.2) is 0 Å². The minimum Gasteiger partial charge on any atom is -0.457 e. The van der Waals surface area contributed by atoms with E-state index in [1.54, 1.807) is 4.90 Å². The molecule has 0 bridgehead atoms. The summed E-state index contributed by atoms with van der Waals surface area (Å²) in [6.07, 6.45) is 2.16. The Morgan fingerprint density at radius 3 is 2.33 bits per heavy atom. The van der Waals surface area contributed by atoms with Gasteiger partial charge >= 0.3 is 0 Å². The third kappa shape index (κ3) is 5.09. The number of carbonyl (C=O) groups is 2. The van der Waals surface area contributed by atoms with Crippen LogP contribution in [0.2, 0.25) is 0 Å². The molecule has 27 heavy (non-hydrogen) atoms. The van der Waals surface area contributed by atoms with Gasteiger partial charge in [-0.3, -0.25) is 9.59 Å². The molecule has 142 valence electrons. The third-order valence-electron chi connectivity index (χ3n) is 4.83. The number of nitrogens with one attached hydrogen (secondary N) is 1. The predicted molar refractivity (Wildman–Crippen MR) is 106 cm³/mol. The first kappa shape index (κ1) is 19.0. The number of piperidine rings is 1. The van der Waals surface area contributed by atoms with Crippen LogP contribution in [0.25, 0.3) is 0 Å². The number of benzene rings is 2. The molecule has 2 aromatic carbocycles. The van der Waals surface area contributed by atoms with Gasteiger partial charge in [-0.1, -0.05) is 24.6 Å². The van der Waals surface area contributed by atoms with E-state index in [0.29, 0.717) is 18.7 Å². The van der Waals surface area contributed by atoms with E-state index in [2.05, 4.69) is 5.32 Å². The molecule has 1 unspecified atom stereocenters. The van der Waals surface area contributed by atoms with Crippen LogP contribution in [0.15, 0.2) is 48.5 Å². The van der Waals surface area contributed by atoms with Crippen LogP contribution >= 0.6 is 0 Å². The summed E-state index contributed by atoms with van der Waals surface area (Å²) in [5.41, 5.74) is 1.91. The van der Waals surface area contributed by atoms with E-state index < -0.39 is 0 Å². The van der Waals surface area contributed by atoms with Gasteiger partial charge in [0.15, 0.2) is 0 Å². The summed E-state index contributed by atoms with van der Waals surface area (Å²) in [6.45, 7) is 5.14. The minimum absolute atomic E-state index is 0.0317. The van der Waals surface area contributed by atoms with E-state index in [1.807, 2.05) is 62.4 Å². The Bertz CT molecular complexity index is 784. The Labute approximate surface area is 160 Å². The van der Waals surface area contributed by atoms with Gasteiger partial charge in [0.25, 0.3) is 0 Å². The molecular formula is C22H26N2O3. The second-order valence-electron chi connectivity index (χ2n) is 6.96. The van der Waals surface area contributed by atoms with Gasteiger partial charge in [0.1, 0.15) is 11.5 Å². The molecular weight excluding hydrogens is 340 g/mol. The topological polar surface area (TPSA) is 58.6 Å². The highest BCUT2D eigenvalue weighted by Gasteiger charge is 2.27. The van der Waals surface area contributed by atoms with Gasteiger partial charge in [-0.05, 0) is 56.2 Å². The lowest BCUT2D eigenvalue weighted by Gasteiger charge is -2.31. The predicted octanol–water partition coefficient (Wildman–Crippen LogP) is 4.37. The van der Waals surface area contributed by atoms with Crippen molar-refractivity contribution in [2.24, 2.45) is 5.92 Å². The van der Waals surface area contributed by atoms with Crippen LogP contribution in [-0.4, -0.2) is 29.8 Å². The largest absolute Gasteiger partial charge is 0.457 e. The minimum atomic E-state index is -0.155. The quantitative estimate of drug-likeness (QED) is 0.854. The van der Waals surface area contributed by atoms with Gasteiger partial charge in [-0.2, -0.15) is 0 Å². The highest BCUT2D eigenvalue weighted by Crippen LogP contribution is 2.24. The molecule has 1 fully saturated rings. The summed E-state index contributed by atoms with van der Waals surface area (Å²) in [4.78, 5) is 26.2. The Hall–Kier alpha value is -2.82. The lowest BCUT2D eigenvalue weighted by Crippen LogP contribution is -2.43. The molecule has 2 amide bonds. The molecule has 5 heteroatoms. The van der Waals surface area contributed by atoms with Crippen molar-refractivity contribution in [3.05, 3.63) is 54.1 Å². The number of anilines is 1. The van der Waals surface area contributed by atoms with Crippen molar-refractivity contribution in [3.8, 4) is 11.5 Å². The normalized spacial score (nSPS) is 16.7. The first-order valence-corrected chi connectivity index (χ1v) is 9.48. The van der Waals surface area contributed by atoms with E-state index in [9.17, 15) is 9.59 Å². The maximum absolute atomic E-state index is 12.6. The summed E-state index contributed by atoms with van der Waals surface area (Å²) in [5.74, 6) is 1.42. The second-order valence-corrected chi connectivity index (χ2v) is 6.96. The summed E-state index contributed by atoms with van der Waals surface area (Å²) in [5, 5.41) is 2.96. The highest BCUT2D eigenvalue weighted by molar-refractivity contribution is 5.93. The molecule has 1 N–H and O–H groups in total. The molecule has 1 heterocycles. The molecule has 2 aromatic rings. The van der Waals surface area contributed by atoms with Gasteiger partial charge < -0.3 is 15.0 Å². The molecule has 0 aromatic heterocycles. The second kappa shape index (κ2) is 8.71. The fourth-order valence-corrected chi connectivity index (χ4v) is 3.23. The average molecular weight is 366 g/mol. The van der Waals surface area contributed by atoms with Crippen molar-refractivity contribution in [3.63, 3.8) is 0 Å². The van der Waals surface area contributed by atoms with E-state index in [4.69, 9.17) is 4.74 Å². The van der Waals surface area contributed by atoms with Crippen LogP contribution in [0, 0.1) is 12.8 Å². The molecule has 0 saturated carbocycles. The molecule has 5 nitrogen and oxygen atoms in total. The van der Waals surface area contributed by atoms with Gasteiger partial charge in [0.2, 0.25) is 11.8 Å². The molecule has 0 aliphatic carbocycles. The Morgan fingerprint density at radius 2 is 1.70 bits per heavy atom. The zero-order valence-corrected chi connectivity index (χ0v) is 15.9. The van der Waals surface area contributed by atoms with Crippen molar-refractivity contribution in [2.45, 2.75) is 33.1 Å². The number of likely N-dealkylation sites (tertiary alicyclic amines) is 1. The monoisotopic (exact) mass is 366 g/mol. The van der Waals surface area contributed by atoms with Crippen molar-refractivity contribution in [2.75, 3.05) is 18.4 Å². The number of ether oxygens (including phenoxy) is 1. The Balaban J connectivity index is 1.56. The van der Waals surface area contributed by atoms with E-state index in [0.717, 1.165) is 30.8 Å². The highest BCUT2D eigenvalue weighted by atomic mass is 16.5. The lowest BCUT2D eigenvalue weighted by molar-refractivity contribution is -0.134. The Morgan fingerprint density at radius 1 is 1.07 bits per heavy atom. The third-order valence-corrected chi connectivity index (χ3v) is 4.83. The summed E-state index contributed by atoms with van der Waals surface area (Å²) < 4.78 is 5.81. The number of aryl methyl sites for hydroxylation is 1. The first-order valence-electron chi connectivity index (χ1n) is 9.48. The molecule has 0 spiro atoms. The zero-order chi connectivity index (χ0) is 19.2. The first-order chi connectivity index (χ1) is 13.0. The molecule has 3 rings (SSSR count). The maximum Gasteiger partial charge on any atom is 0.229 e. The molecule has 1 aliphatic rings. The van der Waals surface area contributed by atoms with Crippen LogP contribution in [0.3, 0.4) is 0 Å². The molecule has 1 aliphatic heterocycles. The van der Waals surface area contributed by atoms with Crippen LogP contribution in [0.1, 0.15) is 31.7 Å². The van der Waals surface area contributed by atoms with E-state index in [-0.39, 0.29) is 17.7 Å². The fraction of sp³-hybridized carbons (Fsp3) is 0.364. The van der Waals surface area contributed by atoms with Gasteiger partial charge in [0.05, 0.1) is 5.92 Å². The van der Waals surface area contributed by atoms with Crippen molar-refractivity contribution in [1.29, 1.82) is 0 Å². The fourth-order valence-electron chi connectivity index (χ4n) is 3.23. The molecule has 1 saturated heterocycles. The van der Waals surface area contributed by atoms with Crippen LogP contribution < -0.4 is 10.1 Å². The van der Waals surface area contributed by atoms with Crippen LogP contribution in [0.4, 0.5) is 5.69 Å². The number of rotatable bonds is 5. The van der Waals surface area contributed by atoms with Crippen molar-refractivity contribution >= 4 is 17.5 Å². The van der Waals surface area contributed by atoms with E-state index >= 15 is 0 Å². The standard InChI is InChI=1S/C22H26N2O3/c1-3-21(25)24-14-4-5-17(15-24)22(26)23-18-8-12-20(13-9-18)27-19-10-6-16(2)7-11-19/h6-13,17H,3-5,14-15H2,1-2H3,(H,23,26). The molecule has 0 radical (unpaired) electrons. The SMILES string of the molecule is CCC(=O)N1CCCC(C(=O)Nc2ccc(Oc3ccc(C)cc3)cc2)C1. The number of hydrogen-bond acceptors (Lipinski definition) is 3. The Kier molecular flexibility index (Phi) is 6.12. The summed E-state index contributed by atoms with van der Waals surface area (Å²) in [7, 11) is 0. The smallest absolute Gasteiger partial charge is 0.229 e. The summed E-state index contributed by atoms with van der Waals surface area (Å²) >= 11 is 0. The average Bonchev–Trinajstić information content (AvgIpc) is 2.70. The number of amides is 2. The van der Waals surface area contributed by atoms with Gasteiger partial charge in [-0.15, -0.1) is 0 Å². The van der Waals surface area contributed by atoms with Crippen molar-refractivity contribution < 1.29 is 14.3 Å². The number of carbonyl (C=O) groups excluding carboxylic acids is 2. The molecule has 1 atom stereocenters. The number of hydrogen-bond donors (Lipinski definition) is 1. The van der Waals surface area contributed by atoms with Crippen LogP contribution in [-0.2, 0) is 9.59 Å². The maximum atomic E-state index is 12.6.